The summed E-state index contributed by atoms with van der Waals surface area (Å²) in [6.45, 7) is 6.27. The van der Waals surface area contributed by atoms with Crippen LogP contribution in [0.3, 0.4) is 0 Å². The lowest BCUT2D eigenvalue weighted by Crippen LogP contribution is -2.22. The van der Waals surface area contributed by atoms with Gasteiger partial charge in [0, 0.05) is 0 Å². The Hall–Kier alpha value is -1.80. The van der Waals surface area contributed by atoms with E-state index in [1.54, 1.807) is 0 Å². The lowest BCUT2D eigenvalue weighted by molar-refractivity contribution is 0.0460. The Labute approximate surface area is 127 Å². The molecule has 21 heavy (non-hydrogen) atoms. The van der Waals surface area contributed by atoms with E-state index >= 15 is 0 Å². The lowest BCUT2D eigenvalue weighted by atomic mass is 9.97. The Kier molecular flexibility index (Phi) is 5.40. The molecule has 2 rings (SSSR count). The van der Waals surface area contributed by atoms with Crippen molar-refractivity contribution in [2.75, 3.05) is 0 Å². The lowest BCUT2D eigenvalue weighted by Gasteiger charge is -2.23. The highest BCUT2D eigenvalue weighted by molar-refractivity contribution is 5.36. The molecule has 0 saturated heterocycles. The second kappa shape index (κ2) is 7.28. The van der Waals surface area contributed by atoms with Gasteiger partial charge in [-0.25, -0.2) is 0 Å². The third kappa shape index (κ3) is 3.85. The summed E-state index contributed by atoms with van der Waals surface area (Å²) in [6.07, 6.45) is 0.143. The fraction of sp³-hybridized carbons (Fsp3) is 0.368. The van der Waals surface area contributed by atoms with E-state index in [-0.39, 0.29) is 6.10 Å². The van der Waals surface area contributed by atoms with Crippen molar-refractivity contribution in [3.8, 4) is 5.75 Å². The molecule has 0 saturated carbocycles. The maximum Gasteiger partial charge on any atom is 0.126 e. The first-order valence-electron chi connectivity index (χ1n) is 7.62. The standard InChI is InChI=1S/C19H24O2/c1-4-14(2)17-12-8-9-13-18(17)21-15(3)19(20)16-10-6-5-7-11-16/h5-15,19-20H,4H2,1-3H3. The SMILES string of the molecule is CCC(C)c1ccccc1OC(C)C(O)c1ccccc1. The van der Waals surface area contributed by atoms with E-state index in [4.69, 9.17) is 4.74 Å². The fourth-order valence-electron chi connectivity index (χ4n) is 2.40. The van der Waals surface area contributed by atoms with E-state index in [1.807, 2.05) is 55.5 Å². The van der Waals surface area contributed by atoms with Gasteiger partial charge >= 0.3 is 0 Å². The molecule has 3 atom stereocenters. The molecular formula is C19H24O2. The van der Waals surface area contributed by atoms with Gasteiger partial charge < -0.3 is 9.84 Å². The second-order valence-corrected chi connectivity index (χ2v) is 5.53. The van der Waals surface area contributed by atoms with Gasteiger partial charge in [-0.1, -0.05) is 62.4 Å². The van der Waals surface area contributed by atoms with Gasteiger partial charge in [0.2, 0.25) is 0 Å². The summed E-state index contributed by atoms with van der Waals surface area (Å²) < 4.78 is 6.03. The fourth-order valence-corrected chi connectivity index (χ4v) is 2.40. The van der Waals surface area contributed by atoms with Crippen LogP contribution >= 0.6 is 0 Å². The van der Waals surface area contributed by atoms with Crippen molar-refractivity contribution < 1.29 is 9.84 Å². The summed E-state index contributed by atoms with van der Waals surface area (Å²) in [5.41, 5.74) is 2.08. The molecule has 0 aliphatic heterocycles. The monoisotopic (exact) mass is 284 g/mol. The Morgan fingerprint density at radius 2 is 1.57 bits per heavy atom. The molecule has 0 fully saturated rings. The molecule has 2 nitrogen and oxygen atoms in total. The van der Waals surface area contributed by atoms with E-state index in [9.17, 15) is 5.11 Å². The van der Waals surface area contributed by atoms with Gasteiger partial charge in [0.15, 0.2) is 0 Å². The quantitative estimate of drug-likeness (QED) is 0.833. The molecule has 1 N–H and O–H groups in total. The van der Waals surface area contributed by atoms with Crippen LogP contribution in [0.5, 0.6) is 5.75 Å². The predicted octanol–water partition coefficient (Wildman–Crippen LogP) is 4.70. The molecule has 0 heterocycles. The molecule has 0 amide bonds. The van der Waals surface area contributed by atoms with Gasteiger partial charge in [-0.15, -0.1) is 0 Å². The normalized spacial score (nSPS) is 15.2. The van der Waals surface area contributed by atoms with Crippen LogP contribution < -0.4 is 4.74 Å². The van der Waals surface area contributed by atoms with Gasteiger partial charge in [0.05, 0.1) is 0 Å². The summed E-state index contributed by atoms with van der Waals surface area (Å²) in [4.78, 5) is 0. The van der Waals surface area contributed by atoms with Crippen LogP contribution in [0.15, 0.2) is 54.6 Å². The third-order valence-corrected chi connectivity index (χ3v) is 3.96. The highest BCUT2D eigenvalue weighted by Crippen LogP contribution is 2.30. The Morgan fingerprint density at radius 3 is 2.24 bits per heavy atom. The minimum Gasteiger partial charge on any atom is -0.487 e. The molecule has 3 unspecified atom stereocenters. The number of hydrogen-bond donors (Lipinski definition) is 1. The summed E-state index contributed by atoms with van der Waals surface area (Å²) >= 11 is 0. The van der Waals surface area contributed by atoms with Crippen LogP contribution in [0, 0.1) is 0 Å². The maximum atomic E-state index is 10.4. The van der Waals surface area contributed by atoms with Crippen LogP contribution in [0.2, 0.25) is 0 Å². The summed E-state index contributed by atoms with van der Waals surface area (Å²) in [5, 5.41) is 10.4. The summed E-state index contributed by atoms with van der Waals surface area (Å²) in [6, 6.07) is 17.7. The van der Waals surface area contributed by atoms with E-state index in [0.29, 0.717) is 5.92 Å². The molecule has 0 aromatic heterocycles. The van der Waals surface area contributed by atoms with Crippen molar-refractivity contribution in [3.63, 3.8) is 0 Å². The predicted molar refractivity (Wildman–Crippen MR) is 86.6 cm³/mol. The van der Waals surface area contributed by atoms with Crippen molar-refractivity contribution in [1.29, 1.82) is 0 Å². The van der Waals surface area contributed by atoms with Crippen LogP contribution in [0.25, 0.3) is 0 Å². The highest BCUT2D eigenvalue weighted by Gasteiger charge is 2.19. The first kappa shape index (κ1) is 15.6. The average molecular weight is 284 g/mol. The number of para-hydroxylation sites is 1. The average Bonchev–Trinajstić information content (AvgIpc) is 2.54. The molecule has 2 aromatic carbocycles. The van der Waals surface area contributed by atoms with Gasteiger partial charge in [-0.3, -0.25) is 0 Å². The van der Waals surface area contributed by atoms with Gasteiger partial charge in [0.25, 0.3) is 0 Å². The van der Waals surface area contributed by atoms with Crippen molar-refractivity contribution >= 4 is 0 Å². The van der Waals surface area contributed by atoms with Crippen molar-refractivity contribution in [1.82, 2.24) is 0 Å². The Morgan fingerprint density at radius 1 is 0.952 bits per heavy atom. The molecule has 0 radical (unpaired) electrons. The zero-order valence-corrected chi connectivity index (χ0v) is 13.0. The van der Waals surface area contributed by atoms with Gasteiger partial charge in [0.1, 0.15) is 18.0 Å². The van der Waals surface area contributed by atoms with Crippen LogP contribution in [0.4, 0.5) is 0 Å². The van der Waals surface area contributed by atoms with E-state index in [0.717, 1.165) is 17.7 Å². The molecule has 2 aromatic rings. The van der Waals surface area contributed by atoms with Crippen molar-refractivity contribution in [3.05, 3.63) is 65.7 Å². The number of aliphatic hydroxyl groups is 1. The third-order valence-electron chi connectivity index (χ3n) is 3.96. The van der Waals surface area contributed by atoms with Crippen molar-refractivity contribution in [2.24, 2.45) is 0 Å². The van der Waals surface area contributed by atoms with Gasteiger partial charge in [-0.2, -0.15) is 0 Å². The minimum atomic E-state index is -0.629. The summed E-state index contributed by atoms with van der Waals surface area (Å²) in [5.74, 6) is 1.32. The van der Waals surface area contributed by atoms with Crippen LogP contribution in [-0.2, 0) is 0 Å². The zero-order chi connectivity index (χ0) is 15.2. The molecule has 112 valence electrons. The largest absolute Gasteiger partial charge is 0.487 e. The number of rotatable bonds is 6. The molecule has 0 spiro atoms. The minimum absolute atomic E-state index is 0.294. The molecule has 0 aliphatic carbocycles. The second-order valence-electron chi connectivity index (χ2n) is 5.53. The maximum absolute atomic E-state index is 10.4. The van der Waals surface area contributed by atoms with E-state index in [1.165, 1.54) is 5.56 Å². The zero-order valence-electron chi connectivity index (χ0n) is 13.0. The number of ether oxygens (including phenoxy) is 1. The smallest absolute Gasteiger partial charge is 0.126 e. The number of hydrogen-bond acceptors (Lipinski definition) is 2. The highest BCUT2D eigenvalue weighted by atomic mass is 16.5. The first-order valence-corrected chi connectivity index (χ1v) is 7.62. The Balaban J connectivity index is 2.14. The first-order chi connectivity index (χ1) is 10.1. The van der Waals surface area contributed by atoms with Crippen LogP contribution in [-0.4, -0.2) is 11.2 Å². The summed E-state index contributed by atoms with van der Waals surface area (Å²) in [7, 11) is 0. The number of benzene rings is 2. The molecular weight excluding hydrogens is 260 g/mol. The topological polar surface area (TPSA) is 29.5 Å². The van der Waals surface area contributed by atoms with Crippen LogP contribution in [0.1, 0.15) is 50.3 Å². The molecule has 2 heteroatoms. The van der Waals surface area contributed by atoms with E-state index < -0.39 is 6.10 Å². The van der Waals surface area contributed by atoms with Crippen molar-refractivity contribution in [2.45, 2.75) is 45.3 Å². The number of aliphatic hydroxyl groups excluding tert-OH is 1. The van der Waals surface area contributed by atoms with E-state index in [2.05, 4.69) is 19.9 Å². The molecule has 0 aliphatic rings. The van der Waals surface area contributed by atoms with Gasteiger partial charge in [-0.05, 0) is 36.5 Å². The Bertz CT molecular complexity index is 551. The molecule has 0 bridgehead atoms.